The number of carbonyl (C=O) groups is 2. The van der Waals surface area contributed by atoms with Crippen LogP contribution in [0.15, 0.2) is 48.7 Å². The molecule has 0 aliphatic heterocycles. The van der Waals surface area contributed by atoms with E-state index in [0.29, 0.717) is 38.7 Å². The lowest BCUT2D eigenvalue weighted by Crippen LogP contribution is -2.30. The van der Waals surface area contributed by atoms with Gasteiger partial charge in [-0.05, 0) is 49.2 Å². The maximum Gasteiger partial charge on any atom is 0.319 e. The number of nitrogens with zero attached hydrogens (tertiary/aromatic N) is 1. The van der Waals surface area contributed by atoms with Crippen molar-refractivity contribution in [3.63, 3.8) is 0 Å². The molecular formula is C21H19ClN4O4. The molecule has 3 amide bonds. The third-order valence-electron chi connectivity index (χ3n) is 4.53. The van der Waals surface area contributed by atoms with Gasteiger partial charge in [0.25, 0.3) is 0 Å². The Hall–Kier alpha value is -3.52. The van der Waals surface area contributed by atoms with Crippen LogP contribution in [0, 0.1) is 0 Å². The molecule has 1 aromatic heterocycles. The number of nitrogens with one attached hydrogen (secondary N) is 2. The Labute approximate surface area is 177 Å². The van der Waals surface area contributed by atoms with E-state index in [9.17, 15) is 9.59 Å². The minimum absolute atomic E-state index is 0.0921. The Morgan fingerprint density at radius 2 is 1.97 bits per heavy atom. The second kappa shape index (κ2) is 8.46. The number of hydrogen-bond acceptors (Lipinski definition) is 5. The molecule has 1 heterocycles. The second-order valence-corrected chi connectivity index (χ2v) is 7.23. The molecule has 2 aromatic carbocycles. The van der Waals surface area contributed by atoms with Gasteiger partial charge in [0.1, 0.15) is 11.5 Å². The summed E-state index contributed by atoms with van der Waals surface area (Å²) in [7, 11) is 0. The molecule has 8 nitrogen and oxygen atoms in total. The third-order valence-corrected chi connectivity index (χ3v) is 4.84. The fourth-order valence-electron chi connectivity index (χ4n) is 2.82. The number of hydrogen-bond donors (Lipinski definition) is 3. The van der Waals surface area contributed by atoms with Crippen LogP contribution < -0.4 is 25.8 Å². The lowest BCUT2D eigenvalue weighted by Gasteiger charge is -2.12. The van der Waals surface area contributed by atoms with Crippen molar-refractivity contribution >= 4 is 40.1 Å². The lowest BCUT2D eigenvalue weighted by molar-refractivity contribution is 0.100. The average molecular weight is 427 g/mol. The topological polar surface area (TPSA) is 116 Å². The first-order valence-corrected chi connectivity index (χ1v) is 9.68. The summed E-state index contributed by atoms with van der Waals surface area (Å²) in [6.07, 6.45) is 3.61. The summed E-state index contributed by atoms with van der Waals surface area (Å²) < 4.78 is 11.3. The van der Waals surface area contributed by atoms with Gasteiger partial charge in [-0.2, -0.15) is 0 Å². The molecule has 1 fully saturated rings. The van der Waals surface area contributed by atoms with Crippen LogP contribution in [0.25, 0.3) is 10.9 Å². The van der Waals surface area contributed by atoms with Crippen LogP contribution in [0.2, 0.25) is 5.02 Å². The highest BCUT2D eigenvalue weighted by Crippen LogP contribution is 2.28. The van der Waals surface area contributed by atoms with Gasteiger partial charge in [-0.25, -0.2) is 4.79 Å². The summed E-state index contributed by atoms with van der Waals surface area (Å²) in [5.41, 5.74) is 6.86. The van der Waals surface area contributed by atoms with E-state index in [2.05, 4.69) is 15.6 Å². The van der Waals surface area contributed by atoms with Crippen molar-refractivity contribution in [3.8, 4) is 11.5 Å². The van der Waals surface area contributed by atoms with Crippen molar-refractivity contribution in [1.82, 2.24) is 10.3 Å². The summed E-state index contributed by atoms with van der Waals surface area (Å²) in [4.78, 5) is 27.5. The fourth-order valence-corrected chi connectivity index (χ4v) is 3.04. The highest BCUT2D eigenvalue weighted by Gasteiger charge is 2.23. The number of carbonyl (C=O) groups excluding carboxylic acids is 2. The molecule has 1 aliphatic carbocycles. The quantitative estimate of drug-likeness (QED) is 0.498. The Bertz CT molecular complexity index is 1120. The molecule has 0 radical (unpaired) electrons. The van der Waals surface area contributed by atoms with Gasteiger partial charge in [0.05, 0.1) is 16.2 Å². The number of primary amides is 1. The minimum atomic E-state index is -0.530. The van der Waals surface area contributed by atoms with Gasteiger partial charge in [0.2, 0.25) is 12.7 Å². The van der Waals surface area contributed by atoms with Crippen LogP contribution in [-0.2, 0) is 0 Å². The first-order chi connectivity index (χ1) is 14.5. The van der Waals surface area contributed by atoms with Gasteiger partial charge in [-0.3, -0.25) is 9.78 Å². The maximum atomic E-state index is 11.8. The monoisotopic (exact) mass is 426 g/mol. The molecule has 0 atom stereocenters. The average Bonchev–Trinajstić information content (AvgIpc) is 3.53. The van der Waals surface area contributed by atoms with E-state index in [1.54, 1.807) is 48.7 Å². The van der Waals surface area contributed by atoms with Gasteiger partial charge < -0.3 is 25.8 Å². The van der Waals surface area contributed by atoms with Gasteiger partial charge in [0.15, 0.2) is 0 Å². The number of halogens is 1. The van der Waals surface area contributed by atoms with E-state index >= 15 is 0 Å². The van der Waals surface area contributed by atoms with Crippen molar-refractivity contribution in [3.05, 3.63) is 59.2 Å². The van der Waals surface area contributed by atoms with E-state index in [-0.39, 0.29) is 18.9 Å². The van der Waals surface area contributed by atoms with Gasteiger partial charge in [-0.1, -0.05) is 11.6 Å². The molecule has 0 saturated heterocycles. The first-order valence-electron chi connectivity index (χ1n) is 9.31. The zero-order valence-corrected chi connectivity index (χ0v) is 16.6. The molecule has 4 rings (SSSR count). The predicted octanol–water partition coefficient (Wildman–Crippen LogP) is 3.69. The normalized spacial score (nSPS) is 13.0. The molecule has 0 spiro atoms. The van der Waals surface area contributed by atoms with Crippen molar-refractivity contribution < 1.29 is 19.1 Å². The number of aromatic nitrogens is 1. The van der Waals surface area contributed by atoms with Gasteiger partial charge in [0, 0.05) is 29.3 Å². The van der Waals surface area contributed by atoms with Crippen molar-refractivity contribution in [2.75, 3.05) is 12.1 Å². The molecule has 0 bridgehead atoms. The molecule has 0 unspecified atom stereocenters. The SMILES string of the molecule is NC(=O)c1ccc2nccc(OCOc3ccc(NC(=O)NC4CC4)c(Cl)c3)c2c1. The molecule has 9 heteroatoms. The first kappa shape index (κ1) is 19.8. The van der Waals surface area contributed by atoms with Crippen LogP contribution in [-0.4, -0.2) is 29.8 Å². The molecule has 1 saturated carbocycles. The zero-order chi connectivity index (χ0) is 21.1. The van der Waals surface area contributed by atoms with Crippen molar-refractivity contribution in [2.45, 2.75) is 18.9 Å². The fraction of sp³-hybridized carbons (Fsp3) is 0.190. The Morgan fingerprint density at radius 3 is 2.70 bits per heavy atom. The molecule has 1 aliphatic rings. The third kappa shape index (κ3) is 4.72. The van der Waals surface area contributed by atoms with Crippen LogP contribution in [0.4, 0.5) is 10.5 Å². The Morgan fingerprint density at radius 1 is 1.13 bits per heavy atom. The van der Waals surface area contributed by atoms with Crippen LogP contribution >= 0.6 is 11.6 Å². The van der Waals surface area contributed by atoms with Crippen molar-refractivity contribution in [1.29, 1.82) is 0 Å². The number of ether oxygens (including phenoxy) is 2. The minimum Gasteiger partial charge on any atom is -0.457 e. The number of nitrogens with two attached hydrogens (primary N) is 1. The number of pyridine rings is 1. The highest BCUT2D eigenvalue weighted by atomic mass is 35.5. The van der Waals surface area contributed by atoms with E-state index in [1.807, 2.05) is 0 Å². The summed E-state index contributed by atoms with van der Waals surface area (Å²) in [5.74, 6) is 0.450. The van der Waals surface area contributed by atoms with Crippen LogP contribution in [0.5, 0.6) is 11.5 Å². The summed E-state index contributed by atoms with van der Waals surface area (Å²) in [6.45, 7) is -0.0921. The smallest absolute Gasteiger partial charge is 0.319 e. The lowest BCUT2D eigenvalue weighted by atomic mass is 10.1. The molecular weight excluding hydrogens is 408 g/mol. The molecule has 154 valence electrons. The van der Waals surface area contributed by atoms with E-state index in [1.165, 1.54) is 0 Å². The number of urea groups is 1. The van der Waals surface area contributed by atoms with Crippen LogP contribution in [0.3, 0.4) is 0 Å². The summed E-state index contributed by atoms with van der Waals surface area (Å²) in [5, 5.41) is 6.54. The van der Waals surface area contributed by atoms with Gasteiger partial charge >= 0.3 is 6.03 Å². The molecule has 3 aromatic rings. The summed E-state index contributed by atoms with van der Waals surface area (Å²) in [6, 6.07) is 11.5. The van der Waals surface area contributed by atoms with Crippen LogP contribution in [0.1, 0.15) is 23.2 Å². The van der Waals surface area contributed by atoms with E-state index < -0.39 is 5.91 Å². The largest absolute Gasteiger partial charge is 0.457 e. The number of anilines is 1. The maximum absolute atomic E-state index is 11.8. The summed E-state index contributed by atoms with van der Waals surface area (Å²) >= 11 is 6.23. The number of fused-ring (bicyclic) bond motifs is 1. The number of benzene rings is 2. The Kier molecular flexibility index (Phi) is 5.58. The van der Waals surface area contributed by atoms with Crippen molar-refractivity contribution in [2.24, 2.45) is 5.73 Å². The number of amides is 3. The Balaban J connectivity index is 1.39. The highest BCUT2D eigenvalue weighted by molar-refractivity contribution is 6.33. The molecule has 4 N–H and O–H groups in total. The zero-order valence-electron chi connectivity index (χ0n) is 15.9. The predicted molar refractivity (Wildman–Crippen MR) is 113 cm³/mol. The van der Waals surface area contributed by atoms with Gasteiger partial charge in [-0.15, -0.1) is 0 Å². The molecule has 30 heavy (non-hydrogen) atoms. The second-order valence-electron chi connectivity index (χ2n) is 6.83. The van der Waals surface area contributed by atoms with E-state index in [4.69, 9.17) is 26.8 Å². The van der Waals surface area contributed by atoms with E-state index in [0.717, 1.165) is 12.8 Å². The standard InChI is InChI=1S/C21H19ClN4O4/c22-16-10-14(4-6-18(16)26-21(28)25-13-2-3-13)29-11-30-19-7-8-24-17-5-1-12(20(23)27)9-15(17)19/h1,4-10,13H,2-3,11H2,(H2,23,27)(H2,25,26,28). The number of rotatable bonds is 7.